The number of hydrogen-bond acceptors (Lipinski definition) is 4. The largest absolute Gasteiger partial charge is 0.381 e. The number of allylic oxidation sites excluding steroid dienone is 1. The van der Waals surface area contributed by atoms with Crippen molar-refractivity contribution < 1.29 is 9.53 Å². The van der Waals surface area contributed by atoms with Gasteiger partial charge >= 0.3 is 0 Å². The maximum atomic E-state index is 12.5. The number of amides is 1. The van der Waals surface area contributed by atoms with Gasteiger partial charge in [-0.25, -0.2) is 0 Å². The highest BCUT2D eigenvalue weighted by molar-refractivity contribution is 8.03. The van der Waals surface area contributed by atoms with E-state index in [4.69, 9.17) is 4.74 Å². The zero-order valence-corrected chi connectivity index (χ0v) is 16.5. The van der Waals surface area contributed by atoms with Gasteiger partial charge in [0.25, 0.3) is 0 Å². The first kappa shape index (κ1) is 18.1. The molecule has 1 aromatic carbocycles. The Labute approximate surface area is 160 Å². The molecule has 4 nitrogen and oxygen atoms in total. The minimum Gasteiger partial charge on any atom is -0.381 e. The maximum Gasteiger partial charge on any atom is 0.234 e. The molecule has 0 spiro atoms. The molecule has 2 heterocycles. The Morgan fingerprint density at radius 2 is 2.04 bits per heavy atom. The summed E-state index contributed by atoms with van der Waals surface area (Å²) in [7, 11) is 3.81. The number of piperidine rings is 1. The van der Waals surface area contributed by atoms with Crippen molar-refractivity contribution in [3.63, 3.8) is 0 Å². The van der Waals surface area contributed by atoms with Crippen LogP contribution in [0.1, 0.15) is 42.9 Å². The molecule has 1 saturated carbocycles. The second-order valence-electron chi connectivity index (χ2n) is 7.71. The molecule has 1 aliphatic carbocycles. The minimum atomic E-state index is 0.0259. The van der Waals surface area contributed by atoms with Gasteiger partial charge in [0.2, 0.25) is 5.91 Å². The number of hydrogen-bond donors (Lipinski definition) is 2. The Kier molecular flexibility index (Phi) is 5.13. The monoisotopic (exact) mass is 372 g/mol. The number of benzene rings is 1. The minimum absolute atomic E-state index is 0.0259. The van der Waals surface area contributed by atoms with Crippen LogP contribution in [0.25, 0.3) is 0 Å². The molecule has 140 valence electrons. The summed E-state index contributed by atoms with van der Waals surface area (Å²) in [6.45, 7) is 2.17. The van der Waals surface area contributed by atoms with Crippen molar-refractivity contribution in [3.05, 3.63) is 46.9 Å². The number of carbonyl (C=O) groups excluding carboxylic acids is 1. The first-order valence-corrected chi connectivity index (χ1v) is 10.5. The molecule has 0 aromatic heterocycles. The van der Waals surface area contributed by atoms with Crippen LogP contribution < -0.4 is 10.6 Å². The van der Waals surface area contributed by atoms with Gasteiger partial charge in [0.15, 0.2) is 0 Å². The van der Waals surface area contributed by atoms with E-state index in [1.54, 1.807) is 11.8 Å². The molecule has 1 amide bonds. The molecule has 4 rings (SSSR count). The molecule has 5 heteroatoms. The molecule has 1 aromatic rings. The summed E-state index contributed by atoms with van der Waals surface area (Å²) in [4.78, 5) is 12.5. The Bertz CT molecular complexity index is 690. The Morgan fingerprint density at radius 3 is 2.73 bits per heavy atom. The molecular formula is C21H28N2O2S. The van der Waals surface area contributed by atoms with Gasteiger partial charge in [0.1, 0.15) is 0 Å². The maximum absolute atomic E-state index is 12.5. The molecular weight excluding hydrogens is 344 g/mol. The van der Waals surface area contributed by atoms with Crippen LogP contribution in [0, 0.1) is 11.8 Å². The van der Waals surface area contributed by atoms with E-state index < -0.39 is 0 Å². The van der Waals surface area contributed by atoms with Crippen LogP contribution in [-0.2, 0) is 9.53 Å². The fraction of sp³-hybridized carbons (Fsp3) is 0.571. The molecule has 1 saturated heterocycles. The lowest BCUT2D eigenvalue weighted by atomic mass is 9.63. The lowest BCUT2D eigenvalue weighted by molar-refractivity contribution is -0.127. The van der Waals surface area contributed by atoms with Crippen molar-refractivity contribution in [2.45, 2.75) is 49.1 Å². The highest BCUT2D eigenvalue weighted by Gasteiger charge is 2.52. The molecule has 26 heavy (non-hydrogen) atoms. The molecule has 0 radical (unpaired) electrons. The highest BCUT2D eigenvalue weighted by atomic mass is 32.2. The van der Waals surface area contributed by atoms with E-state index >= 15 is 0 Å². The summed E-state index contributed by atoms with van der Waals surface area (Å²) in [6, 6.07) is 9.57. The van der Waals surface area contributed by atoms with E-state index in [0.717, 1.165) is 12.8 Å². The molecule has 0 bridgehead atoms. The predicted molar refractivity (Wildman–Crippen MR) is 106 cm³/mol. The third-order valence-corrected chi connectivity index (χ3v) is 7.64. The first-order chi connectivity index (χ1) is 12.6. The topological polar surface area (TPSA) is 50.4 Å². The second kappa shape index (κ2) is 7.37. The van der Waals surface area contributed by atoms with Crippen molar-refractivity contribution in [1.82, 2.24) is 10.6 Å². The van der Waals surface area contributed by atoms with Crippen molar-refractivity contribution in [3.8, 4) is 0 Å². The summed E-state index contributed by atoms with van der Waals surface area (Å²) in [5.74, 6) is 1.22. The number of nitrogens with one attached hydrogen (secondary N) is 2. The van der Waals surface area contributed by atoms with Gasteiger partial charge in [0.05, 0.1) is 11.4 Å². The Morgan fingerprint density at radius 1 is 1.27 bits per heavy atom. The van der Waals surface area contributed by atoms with Gasteiger partial charge in [-0.15, -0.1) is 11.8 Å². The van der Waals surface area contributed by atoms with E-state index in [-0.39, 0.29) is 23.3 Å². The summed E-state index contributed by atoms with van der Waals surface area (Å²) < 4.78 is 5.93. The van der Waals surface area contributed by atoms with Crippen LogP contribution in [0.2, 0.25) is 0 Å². The average Bonchev–Trinajstić information content (AvgIpc) is 3.17. The van der Waals surface area contributed by atoms with Gasteiger partial charge < -0.3 is 15.4 Å². The van der Waals surface area contributed by atoms with Crippen molar-refractivity contribution in [2.24, 2.45) is 11.8 Å². The summed E-state index contributed by atoms with van der Waals surface area (Å²) in [6.07, 6.45) is 4.46. The van der Waals surface area contributed by atoms with Crippen LogP contribution >= 0.6 is 11.8 Å². The summed E-state index contributed by atoms with van der Waals surface area (Å²) >= 11 is 1.66. The summed E-state index contributed by atoms with van der Waals surface area (Å²) in [5, 5.41) is 8.74. The molecule has 2 fully saturated rings. The molecule has 2 aliphatic heterocycles. The number of ether oxygens (including phenoxy) is 1. The molecule has 2 N–H and O–H groups in total. The average molecular weight is 373 g/mol. The van der Waals surface area contributed by atoms with Gasteiger partial charge in [-0.05, 0) is 49.3 Å². The zero-order chi connectivity index (χ0) is 18.3. The molecule has 3 aliphatic rings. The lowest BCUT2D eigenvalue weighted by Crippen LogP contribution is -2.59. The number of fused-ring (bicyclic) bond motifs is 3. The Balaban J connectivity index is 1.69. The van der Waals surface area contributed by atoms with Gasteiger partial charge in [-0.2, -0.15) is 0 Å². The number of rotatable bonds is 4. The van der Waals surface area contributed by atoms with E-state index in [1.165, 1.54) is 11.1 Å². The fourth-order valence-corrected chi connectivity index (χ4v) is 6.10. The van der Waals surface area contributed by atoms with Crippen LogP contribution in [0.4, 0.5) is 0 Å². The lowest BCUT2D eigenvalue weighted by Gasteiger charge is -2.49. The van der Waals surface area contributed by atoms with Crippen LogP contribution in [0.3, 0.4) is 0 Å². The standard InChI is InChI=1S/C21H28N2O2S/c1-12(22-2)13-4-6-14(7-5-13)18-17(25-3)9-8-16-19(18)15-10-11-26-20(15)21(24)23-16/h4-7,10-12,15-20,22H,8-9H2,1-3H3,(H,23,24)/t12-,15?,16?,17?,18?,19?,20?/m0/s1. The van der Waals surface area contributed by atoms with E-state index in [0.29, 0.717) is 23.8 Å². The fourth-order valence-electron chi connectivity index (χ4n) is 5.01. The van der Waals surface area contributed by atoms with Crippen molar-refractivity contribution in [2.75, 3.05) is 14.2 Å². The molecule has 6 unspecified atom stereocenters. The second-order valence-corrected chi connectivity index (χ2v) is 8.76. The van der Waals surface area contributed by atoms with Crippen molar-refractivity contribution in [1.29, 1.82) is 0 Å². The highest BCUT2D eigenvalue weighted by Crippen LogP contribution is 2.50. The summed E-state index contributed by atoms with van der Waals surface area (Å²) in [5.41, 5.74) is 2.63. The van der Waals surface area contributed by atoms with E-state index in [9.17, 15) is 4.79 Å². The predicted octanol–water partition coefficient (Wildman–Crippen LogP) is 3.22. The van der Waals surface area contributed by atoms with Crippen LogP contribution in [-0.4, -0.2) is 37.5 Å². The number of thioether (sulfide) groups is 1. The van der Waals surface area contributed by atoms with Crippen LogP contribution in [0.5, 0.6) is 0 Å². The van der Waals surface area contributed by atoms with Gasteiger partial charge in [-0.1, -0.05) is 30.3 Å². The van der Waals surface area contributed by atoms with E-state index in [1.807, 2.05) is 14.2 Å². The number of methoxy groups -OCH3 is 1. The number of carbonyl (C=O) groups is 1. The van der Waals surface area contributed by atoms with Crippen LogP contribution in [0.15, 0.2) is 35.7 Å². The zero-order valence-electron chi connectivity index (χ0n) is 15.6. The third-order valence-electron chi connectivity index (χ3n) is 6.51. The quantitative estimate of drug-likeness (QED) is 0.852. The van der Waals surface area contributed by atoms with Gasteiger partial charge in [-0.3, -0.25) is 4.79 Å². The Hall–Kier alpha value is -1.30. The van der Waals surface area contributed by atoms with Crippen molar-refractivity contribution >= 4 is 17.7 Å². The first-order valence-electron chi connectivity index (χ1n) is 9.56. The smallest absolute Gasteiger partial charge is 0.234 e. The SMILES string of the molecule is CN[C@@H](C)c1ccc(C2C(OC)CCC3NC(=O)C4SC=CC4C32)cc1. The third kappa shape index (κ3) is 3.00. The van der Waals surface area contributed by atoms with Gasteiger partial charge in [0, 0.05) is 31.0 Å². The molecule has 7 atom stereocenters. The normalized spacial score (nSPS) is 37.0. The van der Waals surface area contributed by atoms with E-state index in [2.05, 4.69) is 53.3 Å².